The lowest BCUT2D eigenvalue weighted by molar-refractivity contribution is -0.140. The highest BCUT2D eigenvalue weighted by molar-refractivity contribution is 6.35. The molecular weight excluding hydrogens is 349 g/mol. The molecule has 2 aromatic carbocycles. The zero-order valence-electron chi connectivity index (χ0n) is 13.1. The normalized spacial score (nSPS) is 23.6. The minimum Gasteiger partial charge on any atom is -0.486 e. The summed E-state index contributed by atoms with van der Waals surface area (Å²) in [5.41, 5.74) is 4.57. The van der Waals surface area contributed by atoms with Gasteiger partial charge >= 0.3 is 5.97 Å². The van der Waals surface area contributed by atoms with Crippen molar-refractivity contribution in [1.82, 2.24) is 0 Å². The molecule has 0 saturated heterocycles. The molecule has 2 heterocycles. The molecule has 0 amide bonds. The molecule has 0 aliphatic carbocycles. The lowest BCUT2D eigenvalue weighted by Gasteiger charge is -2.34. The Hall–Kier alpha value is -1.91. The van der Waals surface area contributed by atoms with Crippen LogP contribution in [0.1, 0.15) is 28.2 Å². The highest BCUT2D eigenvalue weighted by Gasteiger charge is 2.49. The van der Waals surface area contributed by atoms with Gasteiger partial charge in [-0.25, -0.2) is 4.79 Å². The van der Waals surface area contributed by atoms with Crippen LogP contribution in [0.4, 0.5) is 5.69 Å². The Balaban J connectivity index is 1.99. The minimum absolute atomic E-state index is 0.235. The molecule has 124 valence electrons. The van der Waals surface area contributed by atoms with E-state index in [2.05, 4.69) is 5.32 Å². The Morgan fingerprint density at radius 1 is 1.21 bits per heavy atom. The van der Waals surface area contributed by atoms with E-state index >= 15 is 0 Å². The number of halogens is 2. The number of ether oxygens (including phenoxy) is 1. The van der Waals surface area contributed by atoms with Crippen LogP contribution >= 0.6 is 23.2 Å². The topological polar surface area (TPSA) is 58.6 Å². The first-order chi connectivity index (χ1) is 11.4. The van der Waals surface area contributed by atoms with Gasteiger partial charge in [-0.3, -0.25) is 0 Å². The monoisotopic (exact) mass is 363 g/mol. The van der Waals surface area contributed by atoms with E-state index in [4.69, 9.17) is 27.9 Å². The van der Waals surface area contributed by atoms with Crippen LogP contribution in [0.15, 0.2) is 24.3 Å². The summed E-state index contributed by atoms with van der Waals surface area (Å²) in [5.74, 6) is -0.447. The molecule has 6 heteroatoms. The fraction of sp³-hybridized carbons (Fsp3) is 0.278. The maximum Gasteiger partial charge on any atom is 0.330 e. The summed E-state index contributed by atoms with van der Waals surface area (Å²) < 4.78 is 6.08. The number of carboxylic acid groups (broad SMARTS) is 1. The van der Waals surface area contributed by atoms with E-state index in [9.17, 15) is 9.90 Å². The van der Waals surface area contributed by atoms with Gasteiger partial charge in [0.05, 0.1) is 5.92 Å². The summed E-state index contributed by atoms with van der Waals surface area (Å²) in [6.45, 7) is 3.98. The SMILES string of the molecule is Cc1cc(C)c2c(c1)C1c3c(Cl)cc(Cl)cc3NC(C(=O)O)C1O2. The molecule has 2 aliphatic heterocycles. The summed E-state index contributed by atoms with van der Waals surface area (Å²) in [6.07, 6.45) is -0.552. The minimum atomic E-state index is -0.964. The van der Waals surface area contributed by atoms with Gasteiger partial charge in [-0.1, -0.05) is 40.9 Å². The van der Waals surface area contributed by atoms with Crippen LogP contribution in [-0.2, 0) is 4.79 Å². The van der Waals surface area contributed by atoms with Gasteiger partial charge in [0.25, 0.3) is 0 Å². The van der Waals surface area contributed by atoms with Gasteiger partial charge in [0.15, 0.2) is 6.04 Å². The molecule has 4 rings (SSSR count). The number of carbonyl (C=O) groups is 1. The molecule has 3 atom stereocenters. The van der Waals surface area contributed by atoms with Crippen molar-refractivity contribution in [3.63, 3.8) is 0 Å². The number of nitrogens with one attached hydrogen (secondary N) is 1. The highest BCUT2D eigenvalue weighted by Crippen LogP contribution is 2.52. The lowest BCUT2D eigenvalue weighted by atomic mass is 9.80. The molecule has 0 saturated carbocycles. The van der Waals surface area contributed by atoms with Crippen LogP contribution in [0.2, 0.25) is 10.0 Å². The summed E-state index contributed by atoms with van der Waals surface area (Å²) in [7, 11) is 0. The standard InChI is InChI=1S/C18H15Cl2NO3/c1-7-3-8(2)16-10(4-7)13-14-11(20)5-9(19)6-12(14)21-15(18(22)23)17(13)24-16/h3-6,13,15,17,21H,1-2H3,(H,22,23). The second kappa shape index (κ2) is 5.30. The van der Waals surface area contributed by atoms with Crippen LogP contribution < -0.4 is 10.1 Å². The fourth-order valence-electron chi connectivity index (χ4n) is 3.81. The van der Waals surface area contributed by atoms with E-state index in [1.54, 1.807) is 12.1 Å². The smallest absolute Gasteiger partial charge is 0.330 e. The second-order valence-electron chi connectivity index (χ2n) is 6.37. The Morgan fingerprint density at radius 2 is 1.96 bits per heavy atom. The number of hydrogen-bond donors (Lipinski definition) is 2. The third-order valence-electron chi connectivity index (χ3n) is 4.68. The van der Waals surface area contributed by atoms with Crippen molar-refractivity contribution < 1.29 is 14.6 Å². The van der Waals surface area contributed by atoms with Crippen molar-refractivity contribution >= 4 is 34.9 Å². The second-order valence-corrected chi connectivity index (χ2v) is 7.21. The van der Waals surface area contributed by atoms with Crippen molar-refractivity contribution in [1.29, 1.82) is 0 Å². The third kappa shape index (κ3) is 2.17. The van der Waals surface area contributed by atoms with Crippen LogP contribution in [0.25, 0.3) is 0 Å². The molecule has 2 aliphatic rings. The van der Waals surface area contributed by atoms with Crippen molar-refractivity contribution in [3.05, 3.63) is 56.6 Å². The number of rotatable bonds is 1. The van der Waals surface area contributed by atoms with Gasteiger partial charge in [-0.2, -0.15) is 0 Å². The molecule has 2 aromatic rings. The number of anilines is 1. The largest absolute Gasteiger partial charge is 0.486 e. The fourth-order valence-corrected chi connectivity index (χ4v) is 4.42. The Bertz CT molecular complexity index is 881. The Kier molecular flexibility index (Phi) is 3.44. The van der Waals surface area contributed by atoms with Crippen LogP contribution in [0.3, 0.4) is 0 Å². The molecule has 0 aromatic heterocycles. The van der Waals surface area contributed by atoms with E-state index < -0.39 is 18.1 Å². The maximum atomic E-state index is 11.8. The Labute approximate surface area is 149 Å². The highest BCUT2D eigenvalue weighted by atomic mass is 35.5. The molecule has 4 nitrogen and oxygen atoms in total. The lowest BCUT2D eigenvalue weighted by Crippen LogP contribution is -2.48. The third-order valence-corrected chi connectivity index (χ3v) is 5.21. The zero-order valence-corrected chi connectivity index (χ0v) is 14.6. The number of carboxylic acids is 1. The van der Waals surface area contributed by atoms with Crippen molar-refractivity contribution in [3.8, 4) is 5.75 Å². The first-order valence-electron chi connectivity index (χ1n) is 7.63. The number of hydrogen-bond acceptors (Lipinski definition) is 3. The average molecular weight is 364 g/mol. The van der Waals surface area contributed by atoms with Crippen molar-refractivity contribution in [2.24, 2.45) is 0 Å². The molecule has 0 radical (unpaired) electrons. The number of fused-ring (bicyclic) bond motifs is 5. The van der Waals surface area contributed by atoms with Crippen molar-refractivity contribution in [2.45, 2.75) is 31.9 Å². The molecule has 0 bridgehead atoms. The first kappa shape index (κ1) is 15.6. The van der Waals surface area contributed by atoms with Crippen LogP contribution in [0.5, 0.6) is 5.75 Å². The van der Waals surface area contributed by atoms with Gasteiger partial charge in [-0.05, 0) is 31.5 Å². The number of aryl methyl sites for hydroxylation is 2. The molecule has 0 fully saturated rings. The van der Waals surface area contributed by atoms with E-state index in [1.807, 2.05) is 26.0 Å². The van der Waals surface area contributed by atoms with Gasteiger partial charge in [0.1, 0.15) is 11.9 Å². The predicted octanol–water partition coefficient (Wildman–Crippen LogP) is 4.38. The summed E-state index contributed by atoms with van der Waals surface area (Å²) in [4.78, 5) is 11.8. The van der Waals surface area contributed by atoms with Gasteiger partial charge in [-0.15, -0.1) is 0 Å². The molecule has 0 spiro atoms. The number of aliphatic carboxylic acids is 1. The van der Waals surface area contributed by atoms with Crippen LogP contribution in [0, 0.1) is 13.8 Å². The molecule has 2 N–H and O–H groups in total. The molecule has 3 unspecified atom stereocenters. The Morgan fingerprint density at radius 3 is 2.67 bits per heavy atom. The van der Waals surface area contributed by atoms with E-state index in [0.29, 0.717) is 15.7 Å². The van der Waals surface area contributed by atoms with E-state index in [0.717, 1.165) is 28.0 Å². The van der Waals surface area contributed by atoms with Crippen molar-refractivity contribution in [2.75, 3.05) is 5.32 Å². The van der Waals surface area contributed by atoms with Gasteiger partial charge < -0.3 is 15.2 Å². The van der Waals surface area contributed by atoms with Gasteiger partial charge in [0, 0.05) is 26.9 Å². The summed E-state index contributed by atoms with van der Waals surface area (Å²) in [5, 5.41) is 13.6. The predicted molar refractivity (Wildman–Crippen MR) is 93.7 cm³/mol. The molecule has 24 heavy (non-hydrogen) atoms. The van der Waals surface area contributed by atoms with E-state index in [1.165, 1.54) is 0 Å². The quantitative estimate of drug-likeness (QED) is 0.788. The average Bonchev–Trinajstić information content (AvgIpc) is 2.85. The zero-order chi connectivity index (χ0) is 17.2. The maximum absolute atomic E-state index is 11.8. The van der Waals surface area contributed by atoms with Crippen LogP contribution in [-0.4, -0.2) is 23.2 Å². The molecular formula is C18H15Cl2NO3. The summed E-state index contributed by atoms with van der Waals surface area (Å²) >= 11 is 12.6. The summed E-state index contributed by atoms with van der Waals surface area (Å²) in [6, 6.07) is 6.61. The van der Waals surface area contributed by atoms with E-state index in [-0.39, 0.29) is 5.92 Å². The number of benzene rings is 2. The first-order valence-corrected chi connectivity index (χ1v) is 8.38. The van der Waals surface area contributed by atoms with Gasteiger partial charge in [0.2, 0.25) is 0 Å².